The fraction of sp³-hybridized carbons (Fsp3) is 0.486. The van der Waals surface area contributed by atoms with E-state index in [1.54, 1.807) is 48.9 Å². The highest BCUT2D eigenvalue weighted by Crippen LogP contribution is 2.31. The Morgan fingerprint density at radius 1 is 0.843 bits per heavy atom. The molecule has 1 aromatic heterocycles. The summed E-state index contributed by atoms with van der Waals surface area (Å²) >= 11 is 14.4. The molecular weight excluding hydrogens is 718 g/mol. The topological polar surface area (TPSA) is 158 Å². The normalized spacial score (nSPS) is 12.4. The first-order valence-electron chi connectivity index (χ1n) is 16.7. The average molecular weight is 766 g/mol. The van der Waals surface area contributed by atoms with Gasteiger partial charge in [0.15, 0.2) is 0 Å². The van der Waals surface area contributed by atoms with Crippen LogP contribution < -0.4 is 26.0 Å². The number of methoxy groups -OCH3 is 1. The molecule has 16 heteroatoms. The molecule has 0 saturated carbocycles. The van der Waals surface area contributed by atoms with Crippen molar-refractivity contribution in [1.82, 2.24) is 25.8 Å². The fourth-order valence-electron chi connectivity index (χ4n) is 5.17. The van der Waals surface area contributed by atoms with Crippen molar-refractivity contribution in [1.29, 1.82) is 0 Å². The summed E-state index contributed by atoms with van der Waals surface area (Å²) < 4.78 is 23.1. The van der Waals surface area contributed by atoms with Crippen LogP contribution >= 0.6 is 36.9 Å². The molecule has 0 aliphatic rings. The molecule has 51 heavy (non-hydrogen) atoms. The van der Waals surface area contributed by atoms with E-state index >= 15 is 0 Å². The summed E-state index contributed by atoms with van der Waals surface area (Å²) in [5.41, 5.74) is 2.55. The number of thiol groups is 2. The van der Waals surface area contributed by atoms with Crippen molar-refractivity contribution >= 4 is 71.5 Å². The molecule has 13 nitrogen and oxygen atoms in total. The first-order valence-corrected chi connectivity index (χ1v) is 18.3. The molecule has 2 amide bonds. The first kappa shape index (κ1) is 42.1. The lowest BCUT2D eigenvalue weighted by molar-refractivity contribution is -0.145. The number of aromatic nitrogens is 1. The number of hydrogen-bond donors (Lipinski definition) is 6. The van der Waals surface area contributed by atoms with Crippen molar-refractivity contribution in [2.24, 2.45) is 0 Å². The SMILES string of the molecule is CCOC(=O)[C@@H](CS)NCCNC(CS)C(=O)NCCOCCOCCNC(=O)Cc1c(C)n(C(=O)c2ccc(Cl)cc2)c2ccc(OC)cc12. The van der Waals surface area contributed by atoms with Crippen LogP contribution in [-0.2, 0) is 35.0 Å². The third-order valence-electron chi connectivity index (χ3n) is 7.82. The smallest absolute Gasteiger partial charge is 0.323 e. The summed E-state index contributed by atoms with van der Waals surface area (Å²) in [6.45, 7) is 6.59. The second kappa shape index (κ2) is 22.6. The Morgan fingerprint density at radius 3 is 2.08 bits per heavy atom. The summed E-state index contributed by atoms with van der Waals surface area (Å²) in [5.74, 6) is 0.227. The number of amides is 2. The number of hydrogen-bond acceptors (Lipinski definition) is 12. The number of nitrogens with one attached hydrogen (secondary N) is 4. The molecule has 0 saturated heterocycles. The van der Waals surface area contributed by atoms with Crippen LogP contribution in [0.1, 0.15) is 28.5 Å². The van der Waals surface area contributed by atoms with Gasteiger partial charge < -0.3 is 40.2 Å². The van der Waals surface area contributed by atoms with Gasteiger partial charge in [0.25, 0.3) is 5.91 Å². The quantitative estimate of drug-likeness (QED) is 0.0482. The molecule has 0 aliphatic heterocycles. The number of fused-ring (bicyclic) bond motifs is 1. The van der Waals surface area contributed by atoms with E-state index < -0.39 is 12.1 Å². The van der Waals surface area contributed by atoms with Crippen molar-refractivity contribution in [3.8, 4) is 5.75 Å². The molecule has 0 radical (unpaired) electrons. The monoisotopic (exact) mass is 765 g/mol. The van der Waals surface area contributed by atoms with Gasteiger partial charge in [0.2, 0.25) is 11.8 Å². The van der Waals surface area contributed by atoms with Crippen molar-refractivity contribution in [3.63, 3.8) is 0 Å². The van der Waals surface area contributed by atoms with Crippen LogP contribution in [0, 0.1) is 6.92 Å². The lowest BCUT2D eigenvalue weighted by Crippen LogP contribution is -2.49. The standard InChI is InChI=1S/C35H48ClN5O8S2/c1-4-49-35(45)30(22-51)38-12-11-37-29(21-50)33(43)40-14-16-48-18-17-47-15-13-39-32(42)20-27-23(2)41(31-10-9-26(46-3)19-28(27)31)34(44)24-5-7-25(36)8-6-24/h5-10,19,29-30,37-38,50-51H,4,11-18,20-22H2,1-3H3,(H,39,42)(H,40,43)/t29?,30-/m1/s1. The minimum Gasteiger partial charge on any atom is -0.497 e. The number of benzene rings is 2. The summed E-state index contributed by atoms with van der Waals surface area (Å²) in [4.78, 5) is 50.7. The number of halogens is 1. The largest absolute Gasteiger partial charge is 0.497 e. The molecule has 280 valence electrons. The van der Waals surface area contributed by atoms with Crippen LogP contribution in [0.15, 0.2) is 42.5 Å². The van der Waals surface area contributed by atoms with Gasteiger partial charge in [-0.3, -0.25) is 23.7 Å². The lowest BCUT2D eigenvalue weighted by atomic mass is 10.1. The van der Waals surface area contributed by atoms with Crippen LogP contribution in [-0.4, -0.2) is 118 Å². The van der Waals surface area contributed by atoms with E-state index in [9.17, 15) is 19.2 Å². The molecule has 2 atom stereocenters. The maximum absolute atomic E-state index is 13.5. The zero-order valence-corrected chi connectivity index (χ0v) is 31.7. The van der Waals surface area contributed by atoms with Crippen molar-refractivity contribution < 1.29 is 38.1 Å². The summed E-state index contributed by atoms with van der Waals surface area (Å²) in [6, 6.07) is 11.1. The van der Waals surface area contributed by atoms with Gasteiger partial charge in [0.1, 0.15) is 11.8 Å². The lowest BCUT2D eigenvalue weighted by Gasteiger charge is -2.18. The highest BCUT2D eigenvalue weighted by Gasteiger charge is 2.22. The molecule has 0 aliphatic carbocycles. The highest BCUT2D eigenvalue weighted by atomic mass is 35.5. The molecule has 0 fully saturated rings. The Labute approximate surface area is 314 Å². The van der Waals surface area contributed by atoms with Gasteiger partial charge in [-0.15, -0.1) is 0 Å². The van der Waals surface area contributed by atoms with Crippen LogP contribution in [0.3, 0.4) is 0 Å². The van der Waals surface area contributed by atoms with Gasteiger partial charge in [-0.25, -0.2) is 0 Å². The fourth-order valence-corrected chi connectivity index (χ4v) is 5.87. The summed E-state index contributed by atoms with van der Waals surface area (Å²) in [7, 11) is 1.57. The summed E-state index contributed by atoms with van der Waals surface area (Å²) in [5, 5.41) is 13.1. The van der Waals surface area contributed by atoms with Gasteiger partial charge in [-0.2, -0.15) is 25.3 Å². The molecule has 3 rings (SSSR count). The Kier molecular flexibility index (Phi) is 18.6. The molecular formula is C35H48ClN5O8S2. The molecule has 0 spiro atoms. The van der Waals surface area contributed by atoms with Gasteiger partial charge in [0, 0.05) is 59.4 Å². The molecule has 1 heterocycles. The van der Waals surface area contributed by atoms with E-state index in [-0.39, 0.29) is 36.7 Å². The zero-order chi connectivity index (χ0) is 37.2. The molecule has 2 aromatic carbocycles. The van der Waals surface area contributed by atoms with Crippen LogP contribution in [0.5, 0.6) is 5.75 Å². The van der Waals surface area contributed by atoms with E-state index in [4.69, 9.17) is 30.5 Å². The van der Waals surface area contributed by atoms with Gasteiger partial charge in [0.05, 0.1) is 58.1 Å². The molecule has 0 bridgehead atoms. The van der Waals surface area contributed by atoms with Crippen molar-refractivity contribution in [2.45, 2.75) is 32.4 Å². The molecule has 3 aromatic rings. The van der Waals surface area contributed by atoms with Crippen molar-refractivity contribution in [2.75, 3.05) is 77.8 Å². The molecule has 4 N–H and O–H groups in total. The minimum absolute atomic E-state index is 0.0672. The second-order valence-corrected chi connectivity index (χ2v) is 12.4. The van der Waals surface area contributed by atoms with Gasteiger partial charge in [-0.1, -0.05) is 11.6 Å². The maximum Gasteiger partial charge on any atom is 0.323 e. The van der Waals surface area contributed by atoms with Crippen molar-refractivity contribution in [3.05, 3.63) is 64.3 Å². The van der Waals surface area contributed by atoms with Crippen LogP contribution in [0.2, 0.25) is 5.02 Å². The zero-order valence-electron chi connectivity index (χ0n) is 29.2. The maximum atomic E-state index is 13.5. The predicted octanol–water partition coefficient (Wildman–Crippen LogP) is 2.45. The van der Waals surface area contributed by atoms with Crippen LogP contribution in [0.25, 0.3) is 10.9 Å². The second-order valence-electron chi connectivity index (χ2n) is 11.3. The average Bonchev–Trinajstić information content (AvgIpc) is 3.39. The van der Waals surface area contributed by atoms with Crippen LogP contribution in [0.4, 0.5) is 0 Å². The Hall–Kier alpha value is -3.31. The number of carbonyl (C=O) groups is 4. The Bertz CT molecular complexity index is 1590. The van der Waals surface area contributed by atoms with E-state index in [0.717, 1.165) is 10.9 Å². The number of esters is 1. The van der Waals surface area contributed by atoms with Gasteiger partial charge in [-0.05, 0) is 61.9 Å². The van der Waals surface area contributed by atoms with E-state index in [0.29, 0.717) is 91.7 Å². The van der Waals surface area contributed by atoms with E-state index in [1.807, 2.05) is 19.1 Å². The number of carbonyl (C=O) groups excluding carboxylic acids is 4. The van der Waals surface area contributed by atoms with E-state index in [1.165, 1.54) is 0 Å². The summed E-state index contributed by atoms with van der Waals surface area (Å²) in [6.07, 6.45) is 0.0672. The Morgan fingerprint density at radius 2 is 1.47 bits per heavy atom. The molecule has 1 unspecified atom stereocenters. The van der Waals surface area contributed by atoms with Gasteiger partial charge >= 0.3 is 5.97 Å². The number of rotatable bonds is 23. The third kappa shape index (κ3) is 13.0. The highest BCUT2D eigenvalue weighted by molar-refractivity contribution is 7.80. The Balaban J connectivity index is 1.34. The predicted molar refractivity (Wildman–Crippen MR) is 204 cm³/mol. The minimum atomic E-state index is -0.514. The first-order chi connectivity index (χ1) is 24.6. The third-order valence-corrected chi connectivity index (χ3v) is 8.80. The van der Waals surface area contributed by atoms with E-state index in [2.05, 4.69) is 46.5 Å². The number of nitrogens with zero attached hydrogens (tertiary/aromatic N) is 1. The number of ether oxygens (including phenoxy) is 4.